The first kappa shape index (κ1) is 23.6. The maximum atomic E-state index is 11.8. The Labute approximate surface area is 179 Å². The highest BCUT2D eigenvalue weighted by molar-refractivity contribution is 5.85. The maximum Gasteiger partial charge on any atom is 0.344 e. The lowest BCUT2D eigenvalue weighted by Crippen LogP contribution is -2.36. The Hall–Kier alpha value is -3.72. The Morgan fingerprint density at radius 3 is 1.58 bits per heavy atom. The van der Waals surface area contributed by atoms with Crippen molar-refractivity contribution in [3.8, 4) is 0 Å². The average Bonchev–Trinajstić information content (AvgIpc) is 2.79. The van der Waals surface area contributed by atoms with Crippen molar-refractivity contribution >= 4 is 23.9 Å². The van der Waals surface area contributed by atoms with Crippen LogP contribution in [0.1, 0.15) is 17.5 Å². The van der Waals surface area contributed by atoms with Crippen LogP contribution in [0.25, 0.3) is 0 Å². The molecule has 0 heterocycles. The van der Waals surface area contributed by atoms with Gasteiger partial charge in [-0.05, 0) is 11.1 Å². The fraction of sp³-hybridized carbons (Fsp3) is 0.273. The molecule has 0 saturated carbocycles. The van der Waals surface area contributed by atoms with Crippen molar-refractivity contribution in [2.45, 2.75) is 25.7 Å². The Morgan fingerprint density at radius 1 is 0.645 bits per heavy atom. The molecule has 0 spiro atoms. The first-order valence-corrected chi connectivity index (χ1v) is 9.41. The van der Waals surface area contributed by atoms with E-state index in [0.717, 1.165) is 11.1 Å². The second-order valence-corrected chi connectivity index (χ2v) is 6.37. The SMILES string of the molecule is N[C@@H](CC(=O)OCC(=O)OCc1ccccc1)C(=O)OCC(=O)OCc1ccccc1. The Kier molecular flexibility index (Phi) is 9.70. The molecule has 0 aliphatic heterocycles. The number of benzene rings is 2. The van der Waals surface area contributed by atoms with E-state index in [1.54, 1.807) is 48.5 Å². The van der Waals surface area contributed by atoms with Crippen molar-refractivity contribution in [2.75, 3.05) is 13.2 Å². The summed E-state index contributed by atoms with van der Waals surface area (Å²) in [6.45, 7) is -1.17. The number of nitrogens with two attached hydrogens (primary N) is 1. The van der Waals surface area contributed by atoms with Gasteiger partial charge in [-0.1, -0.05) is 60.7 Å². The van der Waals surface area contributed by atoms with Gasteiger partial charge in [-0.2, -0.15) is 0 Å². The van der Waals surface area contributed by atoms with Gasteiger partial charge in [0.1, 0.15) is 19.3 Å². The van der Waals surface area contributed by atoms with Gasteiger partial charge in [0.2, 0.25) is 0 Å². The van der Waals surface area contributed by atoms with Gasteiger partial charge in [-0.25, -0.2) is 9.59 Å². The lowest BCUT2D eigenvalue weighted by Gasteiger charge is -2.11. The van der Waals surface area contributed by atoms with E-state index < -0.39 is 49.6 Å². The first-order valence-electron chi connectivity index (χ1n) is 9.41. The minimum absolute atomic E-state index is 0.0377. The third-order valence-corrected chi connectivity index (χ3v) is 3.86. The van der Waals surface area contributed by atoms with Gasteiger partial charge < -0.3 is 24.7 Å². The number of hydrogen-bond donors (Lipinski definition) is 1. The standard InChI is InChI=1S/C22H23NO8/c23-18(22(27)31-15-21(26)29-13-17-9-5-2-6-10-17)11-19(24)30-14-20(25)28-12-16-7-3-1-4-8-16/h1-10,18H,11-15,23H2/t18-/m0/s1. The van der Waals surface area contributed by atoms with E-state index in [0.29, 0.717) is 0 Å². The largest absolute Gasteiger partial charge is 0.458 e. The molecule has 0 unspecified atom stereocenters. The molecular weight excluding hydrogens is 406 g/mol. The van der Waals surface area contributed by atoms with Crippen LogP contribution in [-0.4, -0.2) is 43.1 Å². The van der Waals surface area contributed by atoms with Crippen LogP contribution in [0.5, 0.6) is 0 Å². The summed E-state index contributed by atoms with van der Waals surface area (Å²) in [4.78, 5) is 46.8. The van der Waals surface area contributed by atoms with Crippen molar-refractivity contribution in [1.29, 1.82) is 0 Å². The zero-order chi connectivity index (χ0) is 22.5. The zero-order valence-electron chi connectivity index (χ0n) is 16.7. The third kappa shape index (κ3) is 9.55. The predicted octanol–water partition coefficient (Wildman–Crippen LogP) is 1.28. The topological polar surface area (TPSA) is 131 Å². The Balaban J connectivity index is 1.59. The molecule has 0 saturated heterocycles. The Bertz CT molecular complexity index is 870. The van der Waals surface area contributed by atoms with E-state index in [4.69, 9.17) is 24.7 Å². The van der Waals surface area contributed by atoms with Gasteiger partial charge >= 0.3 is 23.9 Å². The summed E-state index contributed by atoms with van der Waals surface area (Å²) in [7, 11) is 0. The number of esters is 4. The van der Waals surface area contributed by atoms with Crippen molar-refractivity contribution in [2.24, 2.45) is 5.73 Å². The molecule has 1 atom stereocenters. The first-order chi connectivity index (χ1) is 14.9. The summed E-state index contributed by atoms with van der Waals surface area (Å²) >= 11 is 0. The van der Waals surface area contributed by atoms with Crippen LogP contribution in [0, 0.1) is 0 Å². The monoisotopic (exact) mass is 429 g/mol. The molecule has 164 valence electrons. The molecule has 2 aromatic carbocycles. The van der Waals surface area contributed by atoms with E-state index in [1.807, 2.05) is 12.1 Å². The second kappa shape index (κ2) is 12.8. The molecule has 0 aliphatic rings. The molecule has 0 aliphatic carbocycles. The highest BCUT2D eigenvalue weighted by atomic mass is 16.6. The summed E-state index contributed by atoms with van der Waals surface area (Å²) in [5.74, 6) is -3.35. The minimum atomic E-state index is -1.35. The molecule has 0 bridgehead atoms. The number of carbonyl (C=O) groups excluding carboxylic acids is 4. The van der Waals surface area contributed by atoms with Gasteiger partial charge in [0.15, 0.2) is 13.2 Å². The average molecular weight is 429 g/mol. The fourth-order valence-corrected chi connectivity index (χ4v) is 2.26. The lowest BCUT2D eigenvalue weighted by atomic mass is 10.2. The van der Waals surface area contributed by atoms with E-state index in [1.165, 1.54) is 0 Å². The van der Waals surface area contributed by atoms with Crippen molar-refractivity contribution in [3.63, 3.8) is 0 Å². The van der Waals surface area contributed by atoms with Crippen LogP contribution in [0.2, 0.25) is 0 Å². The van der Waals surface area contributed by atoms with E-state index >= 15 is 0 Å². The third-order valence-electron chi connectivity index (χ3n) is 3.86. The summed E-state index contributed by atoms with van der Waals surface area (Å²) in [5, 5.41) is 0. The molecule has 31 heavy (non-hydrogen) atoms. The fourth-order valence-electron chi connectivity index (χ4n) is 2.26. The van der Waals surface area contributed by atoms with Gasteiger partial charge in [-0.3, -0.25) is 9.59 Å². The minimum Gasteiger partial charge on any atom is -0.458 e. The van der Waals surface area contributed by atoms with E-state index in [9.17, 15) is 19.2 Å². The van der Waals surface area contributed by atoms with Crippen LogP contribution in [0.15, 0.2) is 60.7 Å². The van der Waals surface area contributed by atoms with Crippen LogP contribution in [-0.2, 0) is 51.3 Å². The highest BCUT2D eigenvalue weighted by Crippen LogP contribution is 2.03. The molecule has 9 nitrogen and oxygen atoms in total. The van der Waals surface area contributed by atoms with Crippen LogP contribution in [0.3, 0.4) is 0 Å². The predicted molar refractivity (Wildman–Crippen MR) is 107 cm³/mol. The van der Waals surface area contributed by atoms with Crippen LogP contribution >= 0.6 is 0 Å². The second-order valence-electron chi connectivity index (χ2n) is 6.37. The summed E-state index contributed by atoms with van der Waals surface area (Å²) < 4.78 is 19.4. The molecule has 0 radical (unpaired) electrons. The summed E-state index contributed by atoms with van der Waals surface area (Å²) in [6, 6.07) is 16.6. The molecule has 0 amide bonds. The normalized spacial score (nSPS) is 11.1. The van der Waals surface area contributed by atoms with E-state index in [-0.39, 0.29) is 13.2 Å². The molecule has 2 rings (SSSR count). The van der Waals surface area contributed by atoms with Gasteiger partial charge in [0, 0.05) is 0 Å². The van der Waals surface area contributed by atoms with Crippen LogP contribution in [0.4, 0.5) is 0 Å². The quantitative estimate of drug-likeness (QED) is 0.414. The maximum absolute atomic E-state index is 11.8. The molecule has 2 N–H and O–H groups in total. The molecule has 0 aromatic heterocycles. The smallest absolute Gasteiger partial charge is 0.344 e. The lowest BCUT2D eigenvalue weighted by molar-refractivity contribution is -0.163. The Morgan fingerprint density at radius 2 is 1.10 bits per heavy atom. The number of hydrogen-bond acceptors (Lipinski definition) is 9. The zero-order valence-corrected chi connectivity index (χ0v) is 16.7. The summed E-state index contributed by atoms with van der Waals surface area (Å²) in [6.07, 6.45) is -0.524. The summed E-state index contributed by atoms with van der Waals surface area (Å²) in [5.41, 5.74) is 7.13. The van der Waals surface area contributed by atoms with E-state index in [2.05, 4.69) is 0 Å². The molecule has 9 heteroatoms. The highest BCUT2D eigenvalue weighted by Gasteiger charge is 2.22. The molecule has 0 fully saturated rings. The van der Waals surface area contributed by atoms with Crippen molar-refractivity contribution in [3.05, 3.63) is 71.8 Å². The number of ether oxygens (including phenoxy) is 4. The van der Waals surface area contributed by atoms with Gasteiger partial charge in [0.25, 0.3) is 0 Å². The van der Waals surface area contributed by atoms with Crippen molar-refractivity contribution < 1.29 is 38.1 Å². The van der Waals surface area contributed by atoms with Gasteiger partial charge in [-0.15, -0.1) is 0 Å². The van der Waals surface area contributed by atoms with Crippen molar-refractivity contribution in [1.82, 2.24) is 0 Å². The van der Waals surface area contributed by atoms with Gasteiger partial charge in [0.05, 0.1) is 6.42 Å². The molecular formula is C22H23NO8. The molecule has 2 aromatic rings. The van der Waals surface area contributed by atoms with Crippen LogP contribution < -0.4 is 5.73 Å². The number of rotatable bonds is 11. The number of carbonyl (C=O) groups is 4.